The Bertz CT molecular complexity index is 903. The van der Waals surface area contributed by atoms with Crippen molar-refractivity contribution in [3.63, 3.8) is 0 Å². The number of hydrogen-bond acceptors (Lipinski definition) is 5. The van der Waals surface area contributed by atoms with E-state index >= 15 is 0 Å². The molecular formula is C25H33N3O3. The van der Waals surface area contributed by atoms with Gasteiger partial charge in [0.1, 0.15) is 5.75 Å². The average molecular weight is 424 g/mol. The molecule has 31 heavy (non-hydrogen) atoms. The van der Waals surface area contributed by atoms with Crippen molar-refractivity contribution in [2.24, 2.45) is 0 Å². The molecule has 0 atom stereocenters. The zero-order chi connectivity index (χ0) is 22.4. The molecule has 0 aliphatic heterocycles. The maximum atomic E-state index is 12.1. The van der Waals surface area contributed by atoms with Gasteiger partial charge >= 0.3 is 6.09 Å². The highest BCUT2D eigenvalue weighted by molar-refractivity contribution is 5.68. The second-order valence-corrected chi connectivity index (χ2v) is 8.28. The molecule has 0 saturated heterocycles. The Balaban J connectivity index is 1.58. The number of aromatic nitrogens is 1. The van der Waals surface area contributed by atoms with Crippen LogP contribution in [0.3, 0.4) is 0 Å². The van der Waals surface area contributed by atoms with Gasteiger partial charge in [0.05, 0.1) is 12.9 Å². The van der Waals surface area contributed by atoms with Gasteiger partial charge in [-0.1, -0.05) is 18.7 Å². The largest absolute Gasteiger partial charge is 0.496 e. The Morgan fingerprint density at radius 2 is 1.90 bits per heavy atom. The van der Waals surface area contributed by atoms with Crippen LogP contribution in [-0.4, -0.2) is 42.2 Å². The molecule has 1 saturated carbocycles. The molecule has 0 spiro atoms. The topological polar surface area (TPSA) is 63.7 Å². The lowest BCUT2D eigenvalue weighted by Gasteiger charge is -2.34. The smallest absolute Gasteiger partial charge is 0.414 e. The molecule has 1 fully saturated rings. The Morgan fingerprint density at radius 1 is 1.19 bits per heavy atom. The van der Waals surface area contributed by atoms with Gasteiger partial charge in [-0.05, 0) is 63.3 Å². The zero-order valence-corrected chi connectivity index (χ0v) is 19.0. The van der Waals surface area contributed by atoms with Gasteiger partial charge in [0, 0.05) is 48.7 Å². The number of carbonyl (C=O) groups is 1. The molecule has 0 bridgehead atoms. The Kier molecular flexibility index (Phi) is 7.69. The predicted octanol–water partition coefficient (Wildman–Crippen LogP) is 5.07. The number of allylic oxidation sites excluding steroid dienone is 1. The van der Waals surface area contributed by atoms with E-state index in [-0.39, 0.29) is 12.1 Å². The number of aryl methyl sites for hydroxylation is 1. The fourth-order valence-corrected chi connectivity index (χ4v) is 4.03. The second-order valence-electron chi connectivity index (χ2n) is 8.28. The lowest BCUT2D eigenvalue weighted by atomic mass is 9.90. The van der Waals surface area contributed by atoms with Gasteiger partial charge in [-0.3, -0.25) is 4.98 Å². The van der Waals surface area contributed by atoms with Gasteiger partial charge in [-0.2, -0.15) is 0 Å². The zero-order valence-electron chi connectivity index (χ0n) is 19.0. The molecule has 166 valence electrons. The van der Waals surface area contributed by atoms with E-state index in [1.54, 1.807) is 26.0 Å². The minimum absolute atomic E-state index is 0.205. The van der Waals surface area contributed by atoms with Crippen LogP contribution >= 0.6 is 0 Å². The lowest BCUT2D eigenvalue weighted by Crippen LogP contribution is -2.43. The summed E-state index contributed by atoms with van der Waals surface area (Å²) in [6, 6.07) is 11.0. The second kappa shape index (κ2) is 10.4. The summed E-state index contributed by atoms with van der Waals surface area (Å²) in [6.07, 6.45) is 5.51. The van der Waals surface area contributed by atoms with Crippen molar-refractivity contribution in [1.29, 1.82) is 0 Å². The van der Waals surface area contributed by atoms with Crippen molar-refractivity contribution < 1.29 is 14.3 Å². The van der Waals surface area contributed by atoms with E-state index in [0.29, 0.717) is 11.8 Å². The molecule has 1 aromatic heterocycles. The molecule has 1 N–H and O–H groups in total. The molecule has 1 amide bonds. The molecule has 6 nitrogen and oxygen atoms in total. The summed E-state index contributed by atoms with van der Waals surface area (Å²) in [5.41, 5.74) is 4.37. The lowest BCUT2D eigenvalue weighted by molar-refractivity contribution is 0.109. The molecule has 6 heteroatoms. The van der Waals surface area contributed by atoms with Crippen LogP contribution in [0.5, 0.6) is 5.75 Å². The summed E-state index contributed by atoms with van der Waals surface area (Å²) in [4.78, 5) is 18.2. The number of benzene rings is 1. The maximum absolute atomic E-state index is 12.1. The number of rotatable bonds is 7. The summed E-state index contributed by atoms with van der Waals surface area (Å²) >= 11 is 0. The first-order chi connectivity index (χ1) is 14.9. The highest BCUT2D eigenvalue weighted by atomic mass is 16.6. The monoisotopic (exact) mass is 423 g/mol. The SMILES string of the molecule is C=C(C)OC(=O)N(C)[C@H]1CC[C@H](NCc2cc(-c3ccc(C)nc3)ccc2OC)CC1. The van der Waals surface area contributed by atoms with E-state index in [2.05, 4.69) is 35.1 Å². The van der Waals surface area contributed by atoms with Gasteiger partial charge in [-0.25, -0.2) is 4.79 Å². The fraction of sp³-hybridized carbons (Fsp3) is 0.440. The molecule has 1 heterocycles. The van der Waals surface area contributed by atoms with Crippen LogP contribution in [0.1, 0.15) is 43.9 Å². The van der Waals surface area contributed by atoms with Crippen LogP contribution in [0.25, 0.3) is 11.1 Å². The van der Waals surface area contributed by atoms with Crippen LogP contribution < -0.4 is 10.1 Å². The first kappa shape index (κ1) is 22.8. The summed E-state index contributed by atoms with van der Waals surface area (Å²) in [7, 11) is 3.51. The first-order valence-corrected chi connectivity index (χ1v) is 10.8. The number of pyridine rings is 1. The van der Waals surface area contributed by atoms with Crippen molar-refractivity contribution in [2.75, 3.05) is 14.2 Å². The van der Waals surface area contributed by atoms with Crippen molar-refractivity contribution in [3.05, 3.63) is 60.1 Å². The van der Waals surface area contributed by atoms with Crippen molar-refractivity contribution in [1.82, 2.24) is 15.2 Å². The number of amides is 1. The fourth-order valence-electron chi connectivity index (χ4n) is 4.03. The van der Waals surface area contributed by atoms with Crippen LogP contribution in [0.2, 0.25) is 0 Å². The van der Waals surface area contributed by atoms with Gasteiger partial charge in [-0.15, -0.1) is 0 Å². The molecule has 0 unspecified atom stereocenters. The third kappa shape index (κ3) is 6.07. The minimum atomic E-state index is -0.323. The number of carbonyl (C=O) groups excluding carboxylic acids is 1. The number of methoxy groups -OCH3 is 1. The maximum Gasteiger partial charge on any atom is 0.414 e. The standard InChI is InChI=1S/C25H33N3O3/c1-17(2)31-25(29)28(4)23-11-9-22(10-12-23)27-16-21-14-19(8-13-24(21)30-5)20-7-6-18(3)26-15-20/h6-8,13-15,22-23,27H,1,9-12,16H2,2-5H3/t22-,23-. The van der Waals surface area contributed by atoms with Crippen LogP contribution in [-0.2, 0) is 11.3 Å². The predicted molar refractivity (Wildman–Crippen MR) is 123 cm³/mol. The van der Waals surface area contributed by atoms with E-state index in [9.17, 15) is 4.79 Å². The van der Waals surface area contributed by atoms with E-state index in [1.165, 1.54) is 0 Å². The highest BCUT2D eigenvalue weighted by Gasteiger charge is 2.27. The van der Waals surface area contributed by atoms with Gasteiger partial charge in [0.15, 0.2) is 0 Å². The average Bonchev–Trinajstić information content (AvgIpc) is 2.77. The minimum Gasteiger partial charge on any atom is -0.496 e. The third-order valence-electron chi connectivity index (χ3n) is 5.90. The Labute approximate surface area is 185 Å². The van der Waals surface area contributed by atoms with Gasteiger partial charge in [0.2, 0.25) is 0 Å². The number of ether oxygens (including phenoxy) is 2. The Morgan fingerprint density at radius 3 is 2.52 bits per heavy atom. The molecular weight excluding hydrogens is 390 g/mol. The van der Waals surface area contributed by atoms with Crippen LogP contribution in [0.15, 0.2) is 48.9 Å². The molecule has 1 aromatic carbocycles. The van der Waals surface area contributed by atoms with E-state index in [4.69, 9.17) is 9.47 Å². The summed E-state index contributed by atoms with van der Waals surface area (Å²) in [5, 5.41) is 3.68. The quantitative estimate of drug-likeness (QED) is 0.630. The summed E-state index contributed by atoms with van der Waals surface area (Å²) in [5.74, 6) is 1.30. The van der Waals surface area contributed by atoms with Crippen molar-refractivity contribution >= 4 is 6.09 Å². The van der Waals surface area contributed by atoms with E-state index < -0.39 is 0 Å². The summed E-state index contributed by atoms with van der Waals surface area (Å²) in [6.45, 7) is 8.05. The number of hydrogen-bond donors (Lipinski definition) is 1. The van der Waals surface area contributed by atoms with E-state index in [1.807, 2.05) is 25.3 Å². The highest BCUT2D eigenvalue weighted by Crippen LogP contribution is 2.28. The van der Waals surface area contributed by atoms with Crippen molar-refractivity contribution in [2.45, 2.75) is 58.2 Å². The van der Waals surface area contributed by atoms with Gasteiger partial charge in [0.25, 0.3) is 0 Å². The number of nitrogens with one attached hydrogen (secondary N) is 1. The first-order valence-electron chi connectivity index (χ1n) is 10.8. The van der Waals surface area contributed by atoms with Gasteiger partial charge < -0.3 is 19.7 Å². The molecule has 1 aliphatic rings. The number of nitrogens with zero attached hydrogens (tertiary/aromatic N) is 2. The van der Waals surface area contributed by atoms with Crippen LogP contribution in [0, 0.1) is 6.92 Å². The molecule has 1 aliphatic carbocycles. The molecule has 0 radical (unpaired) electrons. The molecule has 2 aromatic rings. The molecule has 3 rings (SSSR count). The Hall–Kier alpha value is -2.86. The van der Waals surface area contributed by atoms with Crippen molar-refractivity contribution in [3.8, 4) is 16.9 Å². The normalized spacial score (nSPS) is 18.3. The van der Waals surface area contributed by atoms with Crippen LogP contribution in [0.4, 0.5) is 4.79 Å². The summed E-state index contributed by atoms with van der Waals surface area (Å²) < 4.78 is 10.7. The third-order valence-corrected chi connectivity index (χ3v) is 5.90. The van der Waals surface area contributed by atoms with E-state index in [0.717, 1.165) is 60.4 Å².